The fourth-order valence-corrected chi connectivity index (χ4v) is 1.55. The molecule has 0 radical (unpaired) electrons. The highest BCUT2D eigenvalue weighted by molar-refractivity contribution is 5.46. The van der Waals surface area contributed by atoms with E-state index in [-0.39, 0.29) is 0 Å². The summed E-state index contributed by atoms with van der Waals surface area (Å²) >= 11 is 0. The van der Waals surface area contributed by atoms with Gasteiger partial charge in [-0.1, -0.05) is 51.9 Å². The molecule has 0 saturated carbocycles. The normalized spacial score (nSPS) is 9.06. The third-order valence-corrected chi connectivity index (χ3v) is 2.66. The van der Waals surface area contributed by atoms with Crippen molar-refractivity contribution in [1.29, 1.82) is 0 Å². The van der Waals surface area contributed by atoms with E-state index >= 15 is 0 Å². The molecule has 0 heterocycles. The molecule has 1 N–H and O–H groups in total. The summed E-state index contributed by atoms with van der Waals surface area (Å²) in [5.74, 6) is 0. The summed E-state index contributed by atoms with van der Waals surface area (Å²) in [7, 11) is 3.40. The lowest BCUT2D eigenvalue weighted by molar-refractivity contribution is -0.117. The summed E-state index contributed by atoms with van der Waals surface area (Å²) in [6.07, 6.45) is 12.1. The molecule has 18 heavy (non-hydrogen) atoms. The van der Waals surface area contributed by atoms with Gasteiger partial charge in [0.15, 0.2) is 0 Å². The first-order valence-corrected chi connectivity index (χ1v) is 6.99. The maximum Gasteiger partial charge on any atom is 0.209 e. The zero-order valence-corrected chi connectivity index (χ0v) is 12.3. The topological polar surface area (TPSA) is 49.4 Å². The number of nitrogens with one attached hydrogen (secondary N) is 1. The molecule has 0 aromatic carbocycles. The van der Waals surface area contributed by atoms with Crippen molar-refractivity contribution < 1.29 is 9.59 Å². The Balaban J connectivity index is 0. The maximum absolute atomic E-state index is 10.3. The van der Waals surface area contributed by atoms with Crippen LogP contribution in [0.5, 0.6) is 0 Å². The Bertz CT molecular complexity index is 175. The Labute approximate surface area is 112 Å². The average Bonchev–Trinajstić information content (AvgIpc) is 2.41. The summed E-state index contributed by atoms with van der Waals surface area (Å²) in [4.78, 5) is 21.1. The predicted octanol–water partition coefficient (Wildman–Crippen LogP) is 2.58. The predicted molar refractivity (Wildman–Crippen MR) is 76.4 cm³/mol. The van der Waals surface area contributed by atoms with Crippen molar-refractivity contribution in [3.8, 4) is 0 Å². The van der Waals surface area contributed by atoms with Crippen molar-refractivity contribution in [2.45, 2.75) is 58.3 Å². The molecule has 0 atom stereocenters. The second-order valence-corrected chi connectivity index (χ2v) is 4.47. The highest BCUT2D eigenvalue weighted by Gasteiger charge is 1.94. The standard InChI is InChI=1S/C12H25NO.C2H5NO/c1-3-4-5-6-7-8-9-10-11-13(2)12-14;1-3-2-4/h12H,3-11H2,1-2H3;2H,1H3,(H,3,4). The van der Waals surface area contributed by atoms with Crippen LogP contribution < -0.4 is 5.32 Å². The Morgan fingerprint density at radius 2 is 1.39 bits per heavy atom. The van der Waals surface area contributed by atoms with Crippen LogP contribution in [0.1, 0.15) is 58.3 Å². The van der Waals surface area contributed by atoms with Gasteiger partial charge in [0.2, 0.25) is 12.8 Å². The van der Waals surface area contributed by atoms with E-state index in [1.54, 1.807) is 11.9 Å². The van der Waals surface area contributed by atoms with Crippen molar-refractivity contribution in [1.82, 2.24) is 10.2 Å². The van der Waals surface area contributed by atoms with Crippen LogP contribution in [-0.4, -0.2) is 38.4 Å². The van der Waals surface area contributed by atoms with E-state index < -0.39 is 0 Å². The lowest BCUT2D eigenvalue weighted by Gasteiger charge is -2.09. The molecule has 0 aromatic rings. The minimum Gasteiger partial charge on any atom is -0.362 e. The first-order chi connectivity index (χ1) is 8.72. The van der Waals surface area contributed by atoms with Crippen molar-refractivity contribution in [3.63, 3.8) is 0 Å². The van der Waals surface area contributed by atoms with Gasteiger partial charge < -0.3 is 10.2 Å². The van der Waals surface area contributed by atoms with Gasteiger partial charge in [-0.25, -0.2) is 0 Å². The zero-order valence-electron chi connectivity index (χ0n) is 12.3. The van der Waals surface area contributed by atoms with E-state index in [1.807, 2.05) is 7.05 Å². The van der Waals surface area contributed by atoms with Gasteiger partial charge >= 0.3 is 0 Å². The highest BCUT2D eigenvalue weighted by Crippen LogP contribution is 2.08. The van der Waals surface area contributed by atoms with E-state index in [4.69, 9.17) is 4.79 Å². The number of unbranched alkanes of at least 4 members (excludes halogenated alkanes) is 7. The molecule has 4 nitrogen and oxygen atoms in total. The van der Waals surface area contributed by atoms with Crippen LogP contribution in [0.4, 0.5) is 0 Å². The summed E-state index contributed by atoms with van der Waals surface area (Å²) in [6, 6.07) is 0. The van der Waals surface area contributed by atoms with Crippen LogP contribution in [0, 0.1) is 0 Å². The van der Waals surface area contributed by atoms with Gasteiger partial charge in [-0.05, 0) is 6.42 Å². The van der Waals surface area contributed by atoms with Gasteiger partial charge in [0.05, 0.1) is 0 Å². The molecule has 0 fully saturated rings. The maximum atomic E-state index is 10.3. The van der Waals surface area contributed by atoms with Gasteiger partial charge in [0, 0.05) is 20.6 Å². The number of amides is 2. The molecule has 0 bridgehead atoms. The third kappa shape index (κ3) is 20.4. The molecule has 0 spiro atoms. The van der Waals surface area contributed by atoms with Crippen molar-refractivity contribution >= 4 is 12.8 Å². The molecular formula is C14H30N2O2. The van der Waals surface area contributed by atoms with Gasteiger partial charge in [0.25, 0.3) is 0 Å². The third-order valence-electron chi connectivity index (χ3n) is 2.66. The van der Waals surface area contributed by atoms with Crippen molar-refractivity contribution in [2.24, 2.45) is 0 Å². The molecule has 0 aromatic heterocycles. The van der Waals surface area contributed by atoms with Crippen LogP contribution >= 0.6 is 0 Å². The molecule has 0 rings (SSSR count). The first kappa shape index (κ1) is 19.3. The van der Waals surface area contributed by atoms with E-state index in [0.717, 1.165) is 19.4 Å². The van der Waals surface area contributed by atoms with Crippen LogP contribution in [0.15, 0.2) is 0 Å². The minimum absolute atomic E-state index is 0.625. The number of rotatable bonds is 11. The number of carbonyl (C=O) groups is 2. The smallest absolute Gasteiger partial charge is 0.209 e. The summed E-state index contributed by atoms with van der Waals surface area (Å²) < 4.78 is 0. The Morgan fingerprint density at radius 3 is 1.78 bits per heavy atom. The summed E-state index contributed by atoms with van der Waals surface area (Å²) in [5, 5.41) is 2.25. The zero-order chi connectivity index (χ0) is 14.1. The minimum atomic E-state index is 0.625. The number of nitrogens with zero attached hydrogens (tertiary/aromatic N) is 1. The Kier molecular flexibility index (Phi) is 19.6. The summed E-state index contributed by atoms with van der Waals surface area (Å²) in [5.41, 5.74) is 0. The largest absolute Gasteiger partial charge is 0.362 e. The van der Waals surface area contributed by atoms with Crippen molar-refractivity contribution in [2.75, 3.05) is 20.6 Å². The molecule has 108 valence electrons. The van der Waals surface area contributed by atoms with Crippen LogP contribution in [0.2, 0.25) is 0 Å². The monoisotopic (exact) mass is 258 g/mol. The molecule has 0 unspecified atom stereocenters. The van der Waals surface area contributed by atoms with Gasteiger partial charge in [0.1, 0.15) is 0 Å². The Morgan fingerprint density at radius 1 is 0.944 bits per heavy atom. The fraction of sp³-hybridized carbons (Fsp3) is 0.857. The molecule has 0 aliphatic carbocycles. The van der Waals surface area contributed by atoms with E-state index in [0.29, 0.717) is 6.41 Å². The quantitative estimate of drug-likeness (QED) is 0.457. The van der Waals surface area contributed by atoms with Gasteiger partial charge in [-0.3, -0.25) is 9.59 Å². The molecule has 0 saturated heterocycles. The second kappa shape index (κ2) is 18.3. The fourth-order valence-electron chi connectivity index (χ4n) is 1.55. The lowest BCUT2D eigenvalue weighted by Crippen LogP contribution is -2.16. The number of hydrogen-bond acceptors (Lipinski definition) is 2. The van der Waals surface area contributed by atoms with Gasteiger partial charge in [-0.2, -0.15) is 0 Å². The number of hydrogen-bond donors (Lipinski definition) is 1. The second-order valence-electron chi connectivity index (χ2n) is 4.47. The van der Waals surface area contributed by atoms with Gasteiger partial charge in [-0.15, -0.1) is 0 Å². The summed E-state index contributed by atoms with van der Waals surface area (Å²) in [6.45, 7) is 3.16. The van der Waals surface area contributed by atoms with Crippen molar-refractivity contribution in [3.05, 3.63) is 0 Å². The van der Waals surface area contributed by atoms with Crippen LogP contribution in [0.25, 0.3) is 0 Å². The van der Waals surface area contributed by atoms with Crippen LogP contribution in [-0.2, 0) is 9.59 Å². The van der Waals surface area contributed by atoms with E-state index in [1.165, 1.54) is 44.9 Å². The molecule has 0 aliphatic heterocycles. The molecular weight excluding hydrogens is 228 g/mol. The Hall–Kier alpha value is -1.06. The first-order valence-electron chi connectivity index (χ1n) is 6.99. The van der Waals surface area contributed by atoms with E-state index in [2.05, 4.69) is 12.2 Å². The lowest BCUT2D eigenvalue weighted by atomic mass is 10.1. The average molecular weight is 258 g/mol. The molecule has 0 aliphatic rings. The van der Waals surface area contributed by atoms with Crippen LogP contribution in [0.3, 0.4) is 0 Å². The highest BCUT2D eigenvalue weighted by atomic mass is 16.1. The number of carbonyl (C=O) groups excluding carboxylic acids is 2. The molecule has 2 amide bonds. The van der Waals surface area contributed by atoms with E-state index in [9.17, 15) is 4.79 Å². The molecule has 4 heteroatoms. The SMILES string of the molecule is CCCCCCCCCCN(C)C=O.CNC=O.